The molecular weight excluding hydrogens is 256 g/mol. The number of carbonyl (C=O) groups excluding carboxylic acids is 1. The number of hydrogen-bond donors (Lipinski definition) is 2. The Bertz CT molecular complexity index is 460. The summed E-state index contributed by atoms with van der Waals surface area (Å²) < 4.78 is 10.4. The molecule has 0 saturated heterocycles. The Kier molecular flexibility index (Phi) is 4.49. The van der Waals surface area contributed by atoms with Crippen molar-refractivity contribution in [3.63, 3.8) is 0 Å². The summed E-state index contributed by atoms with van der Waals surface area (Å²) in [7, 11) is 3.16. The van der Waals surface area contributed by atoms with Crippen molar-refractivity contribution >= 4 is 11.6 Å². The first-order chi connectivity index (χ1) is 9.63. The van der Waals surface area contributed by atoms with Crippen LogP contribution in [0.1, 0.15) is 25.7 Å². The quantitative estimate of drug-likeness (QED) is 0.865. The highest BCUT2D eigenvalue weighted by molar-refractivity contribution is 5.96. The molecule has 110 valence electrons. The van der Waals surface area contributed by atoms with Gasteiger partial charge < -0.3 is 20.5 Å². The third kappa shape index (κ3) is 2.88. The van der Waals surface area contributed by atoms with Crippen molar-refractivity contribution < 1.29 is 14.3 Å². The highest BCUT2D eigenvalue weighted by Gasteiger charge is 2.39. The molecule has 5 nitrogen and oxygen atoms in total. The van der Waals surface area contributed by atoms with Crippen LogP contribution in [0.15, 0.2) is 18.2 Å². The molecule has 2 rings (SSSR count). The van der Waals surface area contributed by atoms with E-state index in [4.69, 9.17) is 15.2 Å². The summed E-state index contributed by atoms with van der Waals surface area (Å²) >= 11 is 0. The standard InChI is InChI=1S/C15H22N2O3/c1-19-12-7-11(8-13(9-12)20-2)17-14(18)15(10-16)5-3-4-6-15/h7-9H,3-6,10,16H2,1-2H3,(H,17,18). The predicted octanol–water partition coefficient (Wildman–Crippen LogP) is 2.16. The van der Waals surface area contributed by atoms with Gasteiger partial charge in [0.15, 0.2) is 0 Å². The van der Waals surface area contributed by atoms with Gasteiger partial charge in [-0.15, -0.1) is 0 Å². The maximum absolute atomic E-state index is 12.5. The summed E-state index contributed by atoms with van der Waals surface area (Å²) in [4.78, 5) is 12.5. The van der Waals surface area contributed by atoms with Gasteiger partial charge in [-0.2, -0.15) is 0 Å². The van der Waals surface area contributed by atoms with Crippen LogP contribution >= 0.6 is 0 Å². The monoisotopic (exact) mass is 278 g/mol. The zero-order valence-corrected chi connectivity index (χ0v) is 12.1. The Balaban J connectivity index is 2.18. The summed E-state index contributed by atoms with van der Waals surface area (Å²) in [6, 6.07) is 5.32. The SMILES string of the molecule is COc1cc(NC(=O)C2(CN)CCCC2)cc(OC)c1. The summed E-state index contributed by atoms with van der Waals surface area (Å²) in [5, 5.41) is 2.95. The van der Waals surface area contributed by atoms with Crippen LogP contribution in [0, 0.1) is 5.41 Å². The Hall–Kier alpha value is -1.75. The second kappa shape index (κ2) is 6.13. The molecule has 0 aromatic heterocycles. The fourth-order valence-electron chi connectivity index (χ4n) is 2.72. The Morgan fingerprint density at radius 2 is 1.75 bits per heavy atom. The molecule has 0 radical (unpaired) electrons. The molecule has 1 aromatic carbocycles. The Morgan fingerprint density at radius 3 is 2.20 bits per heavy atom. The number of ether oxygens (including phenoxy) is 2. The molecule has 1 saturated carbocycles. The van der Waals surface area contributed by atoms with E-state index in [0.29, 0.717) is 23.7 Å². The van der Waals surface area contributed by atoms with Gasteiger partial charge in [0.1, 0.15) is 11.5 Å². The summed E-state index contributed by atoms with van der Waals surface area (Å²) in [6.45, 7) is 0.389. The van der Waals surface area contributed by atoms with Gasteiger partial charge in [-0.25, -0.2) is 0 Å². The molecule has 0 unspecified atom stereocenters. The van der Waals surface area contributed by atoms with Crippen LogP contribution in [0.2, 0.25) is 0 Å². The number of hydrogen-bond acceptors (Lipinski definition) is 4. The number of rotatable bonds is 5. The molecule has 0 aliphatic heterocycles. The van der Waals surface area contributed by atoms with E-state index in [1.165, 1.54) is 0 Å². The van der Waals surface area contributed by atoms with Crippen LogP contribution < -0.4 is 20.5 Å². The van der Waals surface area contributed by atoms with Crippen LogP contribution in [-0.4, -0.2) is 26.7 Å². The van der Waals surface area contributed by atoms with Crippen molar-refractivity contribution in [1.82, 2.24) is 0 Å². The lowest BCUT2D eigenvalue weighted by Gasteiger charge is -2.25. The van der Waals surface area contributed by atoms with E-state index >= 15 is 0 Å². The Morgan fingerprint density at radius 1 is 1.20 bits per heavy atom. The van der Waals surface area contributed by atoms with Gasteiger partial charge in [0.2, 0.25) is 5.91 Å². The van der Waals surface area contributed by atoms with E-state index in [1.54, 1.807) is 32.4 Å². The lowest BCUT2D eigenvalue weighted by Crippen LogP contribution is -2.40. The maximum atomic E-state index is 12.5. The smallest absolute Gasteiger partial charge is 0.231 e. The van der Waals surface area contributed by atoms with Crippen molar-refractivity contribution in [2.75, 3.05) is 26.1 Å². The molecule has 1 aliphatic rings. The van der Waals surface area contributed by atoms with E-state index in [-0.39, 0.29) is 5.91 Å². The van der Waals surface area contributed by atoms with Gasteiger partial charge in [0.05, 0.1) is 19.6 Å². The van der Waals surface area contributed by atoms with Gasteiger partial charge >= 0.3 is 0 Å². The maximum Gasteiger partial charge on any atom is 0.231 e. The fourth-order valence-corrected chi connectivity index (χ4v) is 2.72. The minimum Gasteiger partial charge on any atom is -0.497 e. The van der Waals surface area contributed by atoms with E-state index in [2.05, 4.69) is 5.32 Å². The van der Waals surface area contributed by atoms with Crippen molar-refractivity contribution in [2.24, 2.45) is 11.1 Å². The number of nitrogens with two attached hydrogens (primary N) is 1. The van der Waals surface area contributed by atoms with Crippen LogP contribution in [0.3, 0.4) is 0 Å². The van der Waals surface area contributed by atoms with Crippen LogP contribution in [0.5, 0.6) is 11.5 Å². The highest BCUT2D eigenvalue weighted by atomic mass is 16.5. The number of anilines is 1. The molecule has 1 fully saturated rings. The molecule has 0 heterocycles. The van der Waals surface area contributed by atoms with Gasteiger partial charge in [0, 0.05) is 30.4 Å². The van der Waals surface area contributed by atoms with E-state index < -0.39 is 5.41 Å². The number of methoxy groups -OCH3 is 2. The average molecular weight is 278 g/mol. The van der Waals surface area contributed by atoms with Gasteiger partial charge in [-0.1, -0.05) is 12.8 Å². The van der Waals surface area contributed by atoms with Crippen molar-refractivity contribution in [3.05, 3.63) is 18.2 Å². The largest absolute Gasteiger partial charge is 0.497 e. The number of amides is 1. The highest BCUT2D eigenvalue weighted by Crippen LogP contribution is 2.38. The van der Waals surface area contributed by atoms with Crippen molar-refractivity contribution in [1.29, 1.82) is 0 Å². The minimum absolute atomic E-state index is 0.00666. The number of carbonyl (C=O) groups is 1. The minimum atomic E-state index is -0.420. The third-order valence-corrected chi connectivity index (χ3v) is 4.04. The molecule has 0 spiro atoms. The fraction of sp³-hybridized carbons (Fsp3) is 0.533. The molecule has 0 bridgehead atoms. The second-order valence-electron chi connectivity index (χ2n) is 5.25. The van der Waals surface area contributed by atoms with E-state index in [9.17, 15) is 4.79 Å². The molecule has 20 heavy (non-hydrogen) atoms. The van der Waals surface area contributed by atoms with Crippen LogP contribution in [0.25, 0.3) is 0 Å². The van der Waals surface area contributed by atoms with Crippen LogP contribution in [0.4, 0.5) is 5.69 Å². The zero-order chi connectivity index (χ0) is 14.6. The molecular formula is C15H22N2O3. The van der Waals surface area contributed by atoms with Gasteiger partial charge in [-0.05, 0) is 12.8 Å². The zero-order valence-electron chi connectivity index (χ0n) is 12.1. The lowest BCUT2D eigenvalue weighted by molar-refractivity contribution is -0.124. The predicted molar refractivity (Wildman–Crippen MR) is 78.1 cm³/mol. The summed E-state index contributed by atoms with van der Waals surface area (Å²) in [5.74, 6) is 1.29. The molecule has 1 amide bonds. The first-order valence-corrected chi connectivity index (χ1v) is 6.88. The molecule has 3 N–H and O–H groups in total. The average Bonchev–Trinajstić information content (AvgIpc) is 2.97. The van der Waals surface area contributed by atoms with Crippen molar-refractivity contribution in [2.45, 2.75) is 25.7 Å². The normalized spacial score (nSPS) is 16.8. The number of benzene rings is 1. The molecule has 5 heteroatoms. The third-order valence-electron chi connectivity index (χ3n) is 4.04. The van der Waals surface area contributed by atoms with Crippen molar-refractivity contribution in [3.8, 4) is 11.5 Å². The first kappa shape index (κ1) is 14.7. The first-order valence-electron chi connectivity index (χ1n) is 6.88. The summed E-state index contributed by atoms with van der Waals surface area (Å²) in [5.41, 5.74) is 6.08. The lowest BCUT2D eigenvalue weighted by atomic mass is 9.85. The topological polar surface area (TPSA) is 73.6 Å². The van der Waals surface area contributed by atoms with Gasteiger partial charge in [0.25, 0.3) is 0 Å². The molecule has 1 aromatic rings. The second-order valence-corrected chi connectivity index (χ2v) is 5.25. The van der Waals surface area contributed by atoms with Crippen LogP contribution in [-0.2, 0) is 4.79 Å². The molecule has 0 atom stereocenters. The Labute approximate surface area is 119 Å². The van der Waals surface area contributed by atoms with Gasteiger partial charge in [-0.3, -0.25) is 4.79 Å². The molecule has 1 aliphatic carbocycles. The number of nitrogens with one attached hydrogen (secondary N) is 1. The van der Waals surface area contributed by atoms with E-state index in [1.807, 2.05) is 0 Å². The summed E-state index contributed by atoms with van der Waals surface area (Å²) in [6.07, 6.45) is 3.84. The van der Waals surface area contributed by atoms with E-state index in [0.717, 1.165) is 25.7 Å².